The fourth-order valence-corrected chi connectivity index (χ4v) is 4.12. The summed E-state index contributed by atoms with van der Waals surface area (Å²) in [5.41, 5.74) is 2.07. The molecule has 2 aromatic rings. The van der Waals surface area contributed by atoms with E-state index >= 15 is 0 Å². The van der Waals surface area contributed by atoms with Crippen molar-refractivity contribution in [3.8, 4) is 0 Å². The van der Waals surface area contributed by atoms with Gasteiger partial charge in [-0.05, 0) is 40.5 Å². The number of benzene rings is 1. The van der Waals surface area contributed by atoms with E-state index in [4.69, 9.17) is 30.5 Å². The van der Waals surface area contributed by atoms with E-state index < -0.39 is 42.4 Å². The first-order valence-corrected chi connectivity index (χ1v) is 10.2. The molecule has 162 valence electrons. The minimum absolute atomic E-state index is 0.0847. The predicted molar refractivity (Wildman–Crippen MR) is 109 cm³/mol. The summed E-state index contributed by atoms with van der Waals surface area (Å²) >= 11 is 9.62. The number of fused-ring (bicyclic) bond motifs is 1. The van der Waals surface area contributed by atoms with Crippen LogP contribution in [0.4, 0.5) is 0 Å². The fraction of sp³-hybridized carbons (Fsp3) is 0.474. The second kappa shape index (κ2) is 8.91. The molecule has 9 nitrogen and oxygen atoms in total. The SMILES string of the molecule is CC(=O)O[C@@H]1[C@H](OC(C)=O)[C@H](OC(C)=O)CO[C@H]1n1c(Br)nc2cc(Cl)c(C)cc21. The maximum absolute atomic E-state index is 11.9. The summed E-state index contributed by atoms with van der Waals surface area (Å²) < 4.78 is 24.1. The molecule has 0 amide bonds. The monoisotopic (exact) mass is 502 g/mol. The van der Waals surface area contributed by atoms with Crippen LogP contribution >= 0.6 is 27.5 Å². The molecule has 0 bridgehead atoms. The van der Waals surface area contributed by atoms with Crippen molar-refractivity contribution in [2.75, 3.05) is 6.61 Å². The van der Waals surface area contributed by atoms with Gasteiger partial charge in [0.25, 0.3) is 0 Å². The summed E-state index contributed by atoms with van der Waals surface area (Å²) in [5.74, 6) is -1.82. The summed E-state index contributed by atoms with van der Waals surface area (Å²) in [6, 6.07) is 3.53. The van der Waals surface area contributed by atoms with Crippen LogP contribution < -0.4 is 0 Å². The Bertz CT molecular complexity index is 1010. The molecule has 1 fully saturated rings. The summed E-state index contributed by atoms with van der Waals surface area (Å²) in [6.07, 6.45) is -4.04. The number of carbonyl (C=O) groups is 3. The molecule has 3 rings (SSSR count). The van der Waals surface area contributed by atoms with Crippen LogP contribution in [0.5, 0.6) is 0 Å². The number of halogens is 2. The number of nitrogens with zero attached hydrogens (tertiary/aromatic N) is 2. The molecule has 1 aliphatic heterocycles. The molecule has 0 radical (unpaired) electrons. The van der Waals surface area contributed by atoms with E-state index in [2.05, 4.69) is 20.9 Å². The predicted octanol–water partition coefficient (Wildman–Crippen LogP) is 3.08. The Morgan fingerprint density at radius 1 is 1.10 bits per heavy atom. The molecule has 1 aromatic heterocycles. The molecule has 0 spiro atoms. The van der Waals surface area contributed by atoms with Crippen molar-refractivity contribution in [3.05, 3.63) is 27.5 Å². The van der Waals surface area contributed by atoms with Gasteiger partial charge in [0.05, 0.1) is 17.6 Å². The highest BCUT2D eigenvalue weighted by Crippen LogP contribution is 2.36. The van der Waals surface area contributed by atoms with Gasteiger partial charge in [-0.25, -0.2) is 4.98 Å². The van der Waals surface area contributed by atoms with Crippen molar-refractivity contribution in [1.29, 1.82) is 0 Å². The van der Waals surface area contributed by atoms with E-state index in [1.54, 1.807) is 10.6 Å². The highest BCUT2D eigenvalue weighted by Gasteiger charge is 2.48. The van der Waals surface area contributed by atoms with Crippen LogP contribution in [0.1, 0.15) is 32.6 Å². The summed E-state index contributed by atoms with van der Waals surface area (Å²) in [5, 5.41) is 0.550. The molecule has 1 aliphatic rings. The van der Waals surface area contributed by atoms with Gasteiger partial charge in [-0.1, -0.05) is 11.6 Å². The largest absolute Gasteiger partial charge is 0.456 e. The number of aryl methyl sites for hydroxylation is 1. The lowest BCUT2D eigenvalue weighted by Crippen LogP contribution is -2.55. The lowest BCUT2D eigenvalue weighted by atomic mass is 10.0. The van der Waals surface area contributed by atoms with E-state index in [0.29, 0.717) is 20.8 Å². The average molecular weight is 504 g/mol. The van der Waals surface area contributed by atoms with Crippen LogP contribution in [0.2, 0.25) is 5.02 Å². The lowest BCUT2D eigenvalue weighted by Gasteiger charge is -2.41. The van der Waals surface area contributed by atoms with Crippen molar-refractivity contribution in [3.63, 3.8) is 0 Å². The van der Waals surface area contributed by atoms with Gasteiger partial charge < -0.3 is 18.9 Å². The molecule has 30 heavy (non-hydrogen) atoms. The second-order valence-electron chi connectivity index (χ2n) is 6.86. The number of hydrogen-bond acceptors (Lipinski definition) is 8. The van der Waals surface area contributed by atoms with Gasteiger partial charge in [0.15, 0.2) is 29.3 Å². The van der Waals surface area contributed by atoms with E-state index in [1.165, 1.54) is 20.8 Å². The molecule has 2 heterocycles. The number of imidazole rings is 1. The van der Waals surface area contributed by atoms with Gasteiger partial charge in [0.1, 0.15) is 0 Å². The topological polar surface area (TPSA) is 106 Å². The van der Waals surface area contributed by atoms with Crippen LogP contribution in [0.3, 0.4) is 0 Å². The van der Waals surface area contributed by atoms with Crippen molar-refractivity contribution >= 4 is 56.5 Å². The van der Waals surface area contributed by atoms with Crippen LogP contribution in [-0.4, -0.2) is 52.4 Å². The highest BCUT2D eigenvalue weighted by molar-refractivity contribution is 9.10. The van der Waals surface area contributed by atoms with Crippen LogP contribution in [0, 0.1) is 6.92 Å². The van der Waals surface area contributed by atoms with Crippen molar-refractivity contribution in [1.82, 2.24) is 9.55 Å². The summed E-state index contributed by atoms with van der Waals surface area (Å²) in [6.45, 7) is 5.43. The lowest BCUT2D eigenvalue weighted by molar-refractivity contribution is -0.239. The zero-order chi connectivity index (χ0) is 22.2. The molecule has 1 saturated heterocycles. The molecule has 0 unspecified atom stereocenters. The van der Waals surface area contributed by atoms with Crippen LogP contribution in [0.25, 0.3) is 11.0 Å². The number of hydrogen-bond donors (Lipinski definition) is 0. The normalized spacial score (nSPS) is 23.8. The van der Waals surface area contributed by atoms with Crippen molar-refractivity contribution < 1.29 is 33.3 Å². The molecular weight excluding hydrogens is 484 g/mol. The maximum Gasteiger partial charge on any atom is 0.303 e. The molecule has 0 saturated carbocycles. The average Bonchev–Trinajstić information content (AvgIpc) is 2.92. The number of rotatable bonds is 4. The first kappa shape index (κ1) is 22.5. The zero-order valence-electron chi connectivity index (χ0n) is 16.7. The van der Waals surface area contributed by atoms with Crippen LogP contribution in [0.15, 0.2) is 16.9 Å². The Kier molecular flexibility index (Phi) is 6.68. The Labute approximate surface area is 185 Å². The first-order valence-electron chi connectivity index (χ1n) is 9.05. The third kappa shape index (κ3) is 4.60. The van der Waals surface area contributed by atoms with Crippen molar-refractivity contribution in [2.45, 2.75) is 52.2 Å². The molecule has 0 aliphatic carbocycles. The van der Waals surface area contributed by atoms with Gasteiger partial charge in [-0.2, -0.15) is 0 Å². The van der Waals surface area contributed by atoms with Gasteiger partial charge in [-0.3, -0.25) is 19.0 Å². The second-order valence-corrected chi connectivity index (χ2v) is 7.98. The third-order valence-electron chi connectivity index (χ3n) is 4.51. The van der Waals surface area contributed by atoms with E-state index in [9.17, 15) is 14.4 Å². The summed E-state index contributed by atoms with van der Waals surface area (Å²) in [7, 11) is 0. The fourth-order valence-electron chi connectivity index (χ4n) is 3.38. The van der Waals surface area contributed by atoms with E-state index in [1.807, 2.05) is 13.0 Å². The standard InChI is InChI=1S/C19H20BrClN2O7/c1-8-5-14-13(6-12(8)21)22-19(20)23(14)18-17(30-11(4)26)16(29-10(3)25)15(7-27-18)28-9(2)24/h5-6,15-18H,7H2,1-4H3/t15-,16-,17-,18-/m1/s1. The molecule has 0 N–H and O–H groups in total. The van der Waals surface area contributed by atoms with Crippen molar-refractivity contribution in [2.24, 2.45) is 0 Å². The minimum Gasteiger partial charge on any atom is -0.456 e. The highest BCUT2D eigenvalue weighted by atomic mass is 79.9. The molecule has 4 atom stereocenters. The number of aromatic nitrogens is 2. The van der Waals surface area contributed by atoms with Gasteiger partial charge in [0.2, 0.25) is 0 Å². The Hall–Kier alpha value is -2.17. The Morgan fingerprint density at radius 2 is 1.70 bits per heavy atom. The quantitative estimate of drug-likeness (QED) is 0.463. The van der Waals surface area contributed by atoms with Gasteiger partial charge >= 0.3 is 17.9 Å². The minimum atomic E-state index is -1.10. The third-order valence-corrected chi connectivity index (χ3v) is 5.47. The molecule has 1 aromatic carbocycles. The maximum atomic E-state index is 11.9. The number of esters is 3. The van der Waals surface area contributed by atoms with Gasteiger partial charge in [0, 0.05) is 25.8 Å². The van der Waals surface area contributed by atoms with Crippen LogP contribution in [-0.2, 0) is 33.3 Å². The Balaban J connectivity index is 2.11. The number of ether oxygens (including phenoxy) is 4. The Morgan fingerprint density at radius 3 is 2.30 bits per heavy atom. The van der Waals surface area contributed by atoms with E-state index in [0.717, 1.165) is 5.56 Å². The molecular formula is C19H20BrClN2O7. The number of carbonyl (C=O) groups excluding carboxylic acids is 3. The first-order chi connectivity index (χ1) is 14.1. The zero-order valence-corrected chi connectivity index (χ0v) is 19.0. The van der Waals surface area contributed by atoms with E-state index in [-0.39, 0.29) is 6.61 Å². The van der Waals surface area contributed by atoms with Gasteiger partial charge in [-0.15, -0.1) is 0 Å². The molecule has 11 heteroatoms. The smallest absolute Gasteiger partial charge is 0.303 e. The summed E-state index contributed by atoms with van der Waals surface area (Å²) in [4.78, 5) is 39.6.